The van der Waals surface area contributed by atoms with Gasteiger partial charge in [0.25, 0.3) is 0 Å². The number of aryl methyl sites for hydroxylation is 2. The second-order valence-electron chi connectivity index (χ2n) is 8.65. The molecule has 0 aliphatic carbocycles. The van der Waals surface area contributed by atoms with Crippen molar-refractivity contribution in [3.8, 4) is 0 Å². The summed E-state index contributed by atoms with van der Waals surface area (Å²) < 4.78 is 12.1. The van der Waals surface area contributed by atoms with Gasteiger partial charge in [0, 0.05) is 46.8 Å². The minimum atomic E-state index is 0.150. The fourth-order valence-electron chi connectivity index (χ4n) is 3.70. The summed E-state index contributed by atoms with van der Waals surface area (Å²) in [6.45, 7) is 8.02. The Labute approximate surface area is 188 Å². The zero-order chi connectivity index (χ0) is 22.8. The quantitative estimate of drug-likeness (QED) is 0.311. The lowest BCUT2D eigenvalue weighted by Gasteiger charge is -2.03. The summed E-state index contributed by atoms with van der Waals surface area (Å²) in [5.41, 5.74) is 15.6. The lowest BCUT2D eigenvalue weighted by molar-refractivity contribution is 0.510. The van der Waals surface area contributed by atoms with Crippen molar-refractivity contribution in [2.45, 2.75) is 52.6 Å². The average Bonchev–Trinajstić information content (AvgIpc) is 3.33. The largest absolute Gasteiger partial charge is 0.461 e. The van der Waals surface area contributed by atoms with Crippen molar-refractivity contribution < 1.29 is 8.83 Å². The standard InChI is InChI=1S/C26H30N4O2/c1-15(2)29-25(27)18-7-10-23-20(11-18)13-22(31-23)9-8-21-12-17-5-6-19(14-24(17)32-21)26(28)30-16(3)4/h5-7,10-16H,8-9H2,1-4H3,(H2,27,29)(H2,28,30). The highest BCUT2D eigenvalue weighted by Crippen LogP contribution is 2.25. The Hall–Kier alpha value is -3.54. The molecule has 0 amide bonds. The molecule has 166 valence electrons. The smallest absolute Gasteiger partial charge is 0.135 e. The average molecular weight is 431 g/mol. The van der Waals surface area contributed by atoms with Crippen molar-refractivity contribution >= 4 is 33.6 Å². The lowest BCUT2D eigenvalue weighted by Crippen LogP contribution is -2.15. The molecule has 4 N–H and O–H groups in total. The predicted octanol–water partition coefficient (Wildman–Crippen LogP) is 5.19. The highest BCUT2D eigenvalue weighted by atomic mass is 16.3. The maximum absolute atomic E-state index is 6.11. The van der Waals surface area contributed by atoms with Crippen molar-refractivity contribution in [2.75, 3.05) is 0 Å². The molecule has 0 aliphatic rings. The highest BCUT2D eigenvalue weighted by Gasteiger charge is 2.11. The summed E-state index contributed by atoms with van der Waals surface area (Å²) in [7, 11) is 0. The number of aliphatic imine (C=N–C) groups is 2. The second-order valence-corrected chi connectivity index (χ2v) is 8.65. The van der Waals surface area contributed by atoms with Gasteiger partial charge in [-0.15, -0.1) is 0 Å². The molecule has 0 spiro atoms. The normalized spacial score (nSPS) is 13.2. The molecule has 6 nitrogen and oxygen atoms in total. The summed E-state index contributed by atoms with van der Waals surface area (Å²) in [6, 6.07) is 16.3. The van der Waals surface area contributed by atoms with E-state index in [2.05, 4.69) is 22.1 Å². The first-order valence-corrected chi connectivity index (χ1v) is 11.0. The molecule has 4 rings (SSSR count). The Balaban J connectivity index is 1.50. The molecule has 4 aromatic rings. The first-order chi connectivity index (χ1) is 15.3. The molecular weight excluding hydrogens is 400 g/mol. The molecule has 0 bridgehead atoms. The van der Waals surface area contributed by atoms with E-state index in [0.717, 1.165) is 57.4 Å². The van der Waals surface area contributed by atoms with Crippen LogP contribution in [0.2, 0.25) is 0 Å². The van der Waals surface area contributed by atoms with E-state index in [1.807, 2.05) is 64.1 Å². The van der Waals surface area contributed by atoms with Crippen molar-refractivity contribution in [1.82, 2.24) is 0 Å². The van der Waals surface area contributed by atoms with Gasteiger partial charge in [-0.1, -0.05) is 12.1 Å². The van der Waals surface area contributed by atoms with Crippen LogP contribution in [0.4, 0.5) is 0 Å². The Morgan fingerprint density at radius 2 is 1.22 bits per heavy atom. The number of nitrogens with two attached hydrogens (primary N) is 2. The van der Waals surface area contributed by atoms with Crippen molar-refractivity contribution in [2.24, 2.45) is 21.5 Å². The van der Waals surface area contributed by atoms with Crippen LogP contribution in [0.5, 0.6) is 0 Å². The van der Waals surface area contributed by atoms with Crippen LogP contribution in [0.3, 0.4) is 0 Å². The minimum Gasteiger partial charge on any atom is -0.461 e. The Kier molecular flexibility index (Phi) is 6.04. The zero-order valence-corrected chi connectivity index (χ0v) is 19.1. The molecule has 2 heterocycles. The number of hydrogen-bond acceptors (Lipinski definition) is 4. The second kappa shape index (κ2) is 8.91. The Morgan fingerprint density at radius 3 is 1.84 bits per heavy atom. The van der Waals surface area contributed by atoms with Crippen molar-refractivity contribution in [3.05, 3.63) is 71.2 Å². The van der Waals surface area contributed by atoms with E-state index >= 15 is 0 Å². The van der Waals surface area contributed by atoms with Crippen molar-refractivity contribution in [1.29, 1.82) is 0 Å². The molecule has 2 aromatic heterocycles. The van der Waals surface area contributed by atoms with Crippen LogP contribution in [0.1, 0.15) is 50.3 Å². The molecule has 0 aliphatic heterocycles. The maximum Gasteiger partial charge on any atom is 0.135 e. The first kappa shape index (κ1) is 21.7. The fraction of sp³-hybridized carbons (Fsp3) is 0.308. The van der Waals surface area contributed by atoms with Crippen LogP contribution in [0, 0.1) is 0 Å². The van der Waals surface area contributed by atoms with Gasteiger partial charge in [0.1, 0.15) is 34.4 Å². The van der Waals surface area contributed by atoms with E-state index in [1.165, 1.54) is 0 Å². The SMILES string of the molecule is CC(C)N=C(N)c1ccc2oc(CCc3cc4ccc(C(N)=NC(C)C)cc4o3)cc2c1. The number of hydrogen-bond donors (Lipinski definition) is 2. The molecule has 0 unspecified atom stereocenters. The number of furan rings is 2. The number of benzene rings is 2. The lowest BCUT2D eigenvalue weighted by atomic mass is 10.1. The van der Waals surface area contributed by atoms with Gasteiger partial charge >= 0.3 is 0 Å². The zero-order valence-electron chi connectivity index (χ0n) is 19.1. The van der Waals surface area contributed by atoms with Gasteiger partial charge in [0.2, 0.25) is 0 Å². The maximum atomic E-state index is 6.11. The minimum absolute atomic E-state index is 0.150. The molecular formula is C26H30N4O2. The Bertz CT molecular complexity index is 1210. The molecule has 0 saturated heterocycles. The summed E-state index contributed by atoms with van der Waals surface area (Å²) in [5, 5.41) is 2.07. The molecule has 32 heavy (non-hydrogen) atoms. The van der Waals surface area contributed by atoms with Gasteiger partial charge in [-0.2, -0.15) is 0 Å². The molecule has 0 fully saturated rings. The number of nitrogens with zero attached hydrogens (tertiary/aromatic N) is 2. The van der Waals surface area contributed by atoms with Crippen LogP contribution in [0.15, 0.2) is 67.4 Å². The van der Waals surface area contributed by atoms with Gasteiger partial charge in [0.05, 0.1) is 0 Å². The third kappa shape index (κ3) is 4.85. The van der Waals surface area contributed by atoms with E-state index in [9.17, 15) is 0 Å². The molecule has 6 heteroatoms. The number of rotatable bonds is 7. The first-order valence-electron chi connectivity index (χ1n) is 11.0. The number of amidine groups is 2. The van der Waals surface area contributed by atoms with Crippen LogP contribution in [0.25, 0.3) is 21.9 Å². The van der Waals surface area contributed by atoms with E-state index < -0.39 is 0 Å². The molecule has 0 saturated carbocycles. The number of fused-ring (bicyclic) bond motifs is 2. The molecule has 2 aromatic carbocycles. The summed E-state index contributed by atoms with van der Waals surface area (Å²) in [5.74, 6) is 2.89. The van der Waals surface area contributed by atoms with Gasteiger partial charge in [-0.3, -0.25) is 9.98 Å². The van der Waals surface area contributed by atoms with E-state index in [-0.39, 0.29) is 12.1 Å². The van der Waals surface area contributed by atoms with E-state index in [1.54, 1.807) is 0 Å². The van der Waals surface area contributed by atoms with Crippen LogP contribution in [-0.4, -0.2) is 23.8 Å². The topological polar surface area (TPSA) is 103 Å². The molecule has 0 radical (unpaired) electrons. The highest BCUT2D eigenvalue weighted by molar-refractivity contribution is 6.01. The van der Waals surface area contributed by atoms with Gasteiger partial charge in [0.15, 0.2) is 0 Å². The van der Waals surface area contributed by atoms with Crippen LogP contribution >= 0.6 is 0 Å². The van der Waals surface area contributed by atoms with Gasteiger partial charge in [-0.25, -0.2) is 0 Å². The predicted molar refractivity (Wildman–Crippen MR) is 132 cm³/mol. The summed E-state index contributed by atoms with van der Waals surface area (Å²) in [6.07, 6.45) is 1.48. The van der Waals surface area contributed by atoms with Crippen LogP contribution < -0.4 is 11.5 Å². The Morgan fingerprint density at radius 1 is 0.688 bits per heavy atom. The van der Waals surface area contributed by atoms with Gasteiger partial charge in [-0.05, 0) is 64.1 Å². The summed E-state index contributed by atoms with van der Waals surface area (Å²) >= 11 is 0. The monoisotopic (exact) mass is 430 g/mol. The summed E-state index contributed by atoms with van der Waals surface area (Å²) in [4.78, 5) is 8.84. The van der Waals surface area contributed by atoms with Crippen molar-refractivity contribution in [3.63, 3.8) is 0 Å². The molecule has 0 atom stereocenters. The van der Waals surface area contributed by atoms with E-state index in [4.69, 9.17) is 20.3 Å². The van der Waals surface area contributed by atoms with E-state index in [0.29, 0.717) is 11.7 Å². The third-order valence-electron chi connectivity index (χ3n) is 5.14. The van der Waals surface area contributed by atoms with Crippen LogP contribution in [-0.2, 0) is 12.8 Å². The fourth-order valence-corrected chi connectivity index (χ4v) is 3.70. The van der Waals surface area contributed by atoms with Gasteiger partial charge < -0.3 is 20.3 Å². The third-order valence-corrected chi connectivity index (χ3v) is 5.14.